The van der Waals surface area contributed by atoms with Crippen LogP contribution < -0.4 is 11.2 Å². The molecule has 0 saturated heterocycles. The van der Waals surface area contributed by atoms with Gasteiger partial charge >= 0.3 is 11.7 Å². The fourth-order valence-electron chi connectivity index (χ4n) is 5.82. The fourth-order valence-corrected chi connectivity index (χ4v) is 5.82. The number of nitrogens with one attached hydrogen (secondary N) is 1. The zero-order valence-corrected chi connectivity index (χ0v) is 20.6. The number of benzene rings is 1. The summed E-state index contributed by atoms with van der Waals surface area (Å²) < 4.78 is 2.99. The van der Waals surface area contributed by atoms with Crippen LogP contribution in [-0.2, 0) is 17.9 Å². The Morgan fingerprint density at radius 2 is 1.50 bits per heavy atom. The average Bonchev–Trinajstić information content (AvgIpc) is 3.34. The summed E-state index contributed by atoms with van der Waals surface area (Å²) in [6.07, 6.45) is 12.6. The second kappa shape index (κ2) is 10.7. The molecule has 2 aliphatic rings. The molecule has 2 saturated carbocycles. The van der Waals surface area contributed by atoms with Gasteiger partial charge in [0.1, 0.15) is 16.9 Å². The lowest BCUT2D eigenvalue weighted by Gasteiger charge is -2.24. The Hall–Kier alpha value is -3.42. The third kappa shape index (κ3) is 5.08. The average molecular weight is 491 g/mol. The summed E-state index contributed by atoms with van der Waals surface area (Å²) in [6, 6.07) is 9.13. The topological polar surface area (TPSA) is 110 Å². The number of hydrogen-bond donors (Lipinski definition) is 2. The molecule has 2 N–H and O–H groups in total. The Balaban J connectivity index is 1.63. The summed E-state index contributed by atoms with van der Waals surface area (Å²) in [5.74, 6) is -0.411. The van der Waals surface area contributed by atoms with E-state index in [4.69, 9.17) is 0 Å². The van der Waals surface area contributed by atoms with Gasteiger partial charge in [0.25, 0.3) is 5.56 Å². The van der Waals surface area contributed by atoms with E-state index in [-0.39, 0.29) is 28.3 Å². The fraction of sp³-hybridized carbons (Fsp3) is 0.500. The van der Waals surface area contributed by atoms with Crippen molar-refractivity contribution < 1.29 is 9.90 Å². The molecule has 1 aromatic carbocycles. The normalized spacial score (nSPS) is 18.1. The summed E-state index contributed by atoms with van der Waals surface area (Å²) in [4.78, 5) is 47.0. The van der Waals surface area contributed by atoms with Gasteiger partial charge in [0.2, 0.25) is 0 Å². The van der Waals surface area contributed by atoms with E-state index in [0.29, 0.717) is 30.5 Å². The maximum atomic E-state index is 13.7. The third-order valence-electron chi connectivity index (χ3n) is 7.79. The summed E-state index contributed by atoms with van der Waals surface area (Å²) >= 11 is 0. The number of carboxylic acids is 1. The molecule has 0 bridgehead atoms. The number of aliphatic carboxylic acids is 1. The molecule has 5 rings (SSSR count). The van der Waals surface area contributed by atoms with Crippen LogP contribution in [0.25, 0.3) is 22.8 Å². The van der Waals surface area contributed by atoms with Gasteiger partial charge in [-0.2, -0.15) is 0 Å². The predicted octanol–water partition coefficient (Wildman–Crippen LogP) is 4.67. The van der Waals surface area contributed by atoms with Crippen LogP contribution in [0.5, 0.6) is 0 Å². The van der Waals surface area contributed by atoms with Gasteiger partial charge in [-0.3, -0.25) is 13.9 Å². The van der Waals surface area contributed by atoms with Crippen molar-refractivity contribution in [2.45, 2.75) is 77.3 Å². The van der Waals surface area contributed by atoms with Crippen molar-refractivity contribution in [2.24, 2.45) is 11.8 Å². The van der Waals surface area contributed by atoms with E-state index in [2.05, 4.69) is 9.97 Å². The monoisotopic (exact) mass is 490 g/mol. The maximum Gasteiger partial charge on any atom is 0.339 e. The minimum absolute atomic E-state index is 0.0488. The molecule has 0 radical (unpaired) electrons. The second-order valence-electron chi connectivity index (χ2n) is 10.4. The van der Waals surface area contributed by atoms with Crippen LogP contribution in [0.1, 0.15) is 75.6 Å². The number of H-pyrrole nitrogens is 1. The van der Waals surface area contributed by atoms with Gasteiger partial charge in [-0.15, -0.1) is 0 Å². The van der Waals surface area contributed by atoms with E-state index in [1.54, 1.807) is 4.57 Å². The van der Waals surface area contributed by atoms with Crippen LogP contribution in [0.3, 0.4) is 0 Å². The molecule has 0 spiro atoms. The largest absolute Gasteiger partial charge is 0.478 e. The molecular formula is C28H34N4O4. The summed E-state index contributed by atoms with van der Waals surface area (Å²) in [6.45, 7) is 0.896. The maximum absolute atomic E-state index is 13.7. The first-order chi connectivity index (χ1) is 17.5. The standard InChI is InChI=1S/C28H34N4O4/c33-26-23-25(30-24(29-23)22(27(34)35)16-19-10-4-1-5-11-19)31(17-20-12-6-2-7-13-20)28(36)32(26)18-21-14-8-3-9-15-21/h1,4-5,10-11,16,20-21H,2-3,6-9,12-15,17-18H2,(H,29,30)(H,34,35). The molecule has 2 aliphatic carbocycles. The molecular weight excluding hydrogens is 456 g/mol. The van der Waals surface area contributed by atoms with Crippen LogP contribution >= 0.6 is 0 Å². The number of hydrogen-bond acceptors (Lipinski definition) is 4. The first-order valence-electron chi connectivity index (χ1n) is 13.2. The van der Waals surface area contributed by atoms with E-state index in [1.165, 1.54) is 23.5 Å². The summed E-state index contributed by atoms with van der Waals surface area (Å²) in [5.41, 5.74) is 0.383. The van der Waals surface area contributed by atoms with Crippen LogP contribution in [0.15, 0.2) is 39.9 Å². The lowest BCUT2D eigenvalue weighted by molar-refractivity contribution is -0.130. The molecule has 8 nitrogen and oxygen atoms in total. The minimum atomic E-state index is -1.15. The van der Waals surface area contributed by atoms with Crippen molar-refractivity contribution in [3.63, 3.8) is 0 Å². The molecule has 190 valence electrons. The molecule has 0 atom stereocenters. The van der Waals surface area contributed by atoms with E-state index in [0.717, 1.165) is 51.4 Å². The van der Waals surface area contributed by atoms with Crippen LogP contribution in [0, 0.1) is 11.8 Å². The zero-order valence-electron chi connectivity index (χ0n) is 20.6. The van der Waals surface area contributed by atoms with Crippen molar-refractivity contribution in [1.29, 1.82) is 0 Å². The molecule has 2 fully saturated rings. The van der Waals surface area contributed by atoms with Gasteiger partial charge in [0.15, 0.2) is 5.65 Å². The van der Waals surface area contributed by atoms with Crippen molar-refractivity contribution >= 4 is 28.8 Å². The number of fused-ring (bicyclic) bond motifs is 1. The summed E-state index contributed by atoms with van der Waals surface area (Å²) in [7, 11) is 0. The number of carboxylic acid groups (broad SMARTS) is 1. The van der Waals surface area contributed by atoms with E-state index in [9.17, 15) is 19.5 Å². The lowest BCUT2D eigenvalue weighted by Crippen LogP contribution is -2.42. The number of rotatable bonds is 7. The number of carbonyl (C=O) groups is 1. The van der Waals surface area contributed by atoms with Crippen LogP contribution in [0.2, 0.25) is 0 Å². The van der Waals surface area contributed by atoms with Crippen molar-refractivity contribution in [1.82, 2.24) is 19.1 Å². The Morgan fingerprint density at radius 1 is 0.917 bits per heavy atom. The van der Waals surface area contributed by atoms with Gasteiger partial charge in [-0.1, -0.05) is 68.9 Å². The highest BCUT2D eigenvalue weighted by Crippen LogP contribution is 2.27. The first-order valence-corrected chi connectivity index (χ1v) is 13.2. The number of aromatic nitrogens is 4. The van der Waals surface area contributed by atoms with Crippen molar-refractivity contribution in [2.75, 3.05) is 0 Å². The van der Waals surface area contributed by atoms with Gasteiger partial charge in [0.05, 0.1) is 0 Å². The zero-order chi connectivity index (χ0) is 25.1. The van der Waals surface area contributed by atoms with Gasteiger partial charge < -0.3 is 10.1 Å². The predicted molar refractivity (Wildman–Crippen MR) is 140 cm³/mol. The first kappa shape index (κ1) is 24.3. The lowest BCUT2D eigenvalue weighted by atomic mass is 9.89. The number of nitrogens with zero attached hydrogens (tertiary/aromatic N) is 3. The molecule has 2 aromatic heterocycles. The Morgan fingerprint density at radius 3 is 2.08 bits per heavy atom. The van der Waals surface area contributed by atoms with Gasteiger partial charge in [0, 0.05) is 13.1 Å². The molecule has 0 unspecified atom stereocenters. The third-order valence-corrected chi connectivity index (χ3v) is 7.79. The molecule has 3 aromatic rings. The highest BCUT2D eigenvalue weighted by Gasteiger charge is 2.25. The quantitative estimate of drug-likeness (QED) is 0.468. The smallest absolute Gasteiger partial charge is 0.339 e. The van der Waals surface area contributed by atoms with E-state index < -0.39 is 11.5 Å². The van der Waals surface area contributed by atoms with Crippen LogP contribution in [-0.4, -0.2) is 30.2 Å². The highest BCUT2D eigenvalue weighted by molar-refractivity contribution is 6.19. The van der Waals surface area contributed by atoms with Crippen molar-refractivity contribution in [3.8, 4) is 0 Å². The van der Waals surface area contributed by atoms with Crippen molar-refractivity contribution in [3.05, 3.63) is 62.6 Å². The Labute approximate surface area is 209 Å². The number of aromatic amines is 1. The van der Waals surface area contributed by atoms with Gasteiger partial charge in [-0.25, -0.2) is 14.6 Å². The molecule has 0 amide bonds. The molecule has 8 heteroatoms. The highest BCUT2D eigenvalue weighted by atomic mass is 16.4. The van der Waals surface area contributed by atoms with E-state index in [1.807, 2.05) is 30.3 Å². The Bertz CT molecular complexity index is 1370. The minimum Gasteiger partial charge on any atom is -0.478 e. The van der Waals surface area contributed by atoms with E-state index >= 15 is 0 Å². The summed E-state index contributed by atoms with van der Waals surface area (Å²) in [5, 5.41) is 9.96. The number of imidazole rings is 1. The van der Waals surface area contributed by atoms with Gasteiger partial charge in [-0.05, 0) is 49.2 Å². The molecule has 0 aliphatic heterocycles. The SMILES string of the molecule is O=C(O)C(=Cc1ccccc1)c1nc2c([nH]1)c(=O)n(CC1CCCCC1)c(=O)n2CC1CCCCC1. The van der Waals surface area contributed by atoms with Crippen LogP contribution in [0.4, 0.5) is 0 Å². The molecule has 36 heavy (non-hydrogen) atoms. The second-order valence-corrected chi connectivity index (χ2v) is 10.4. The molecule has 2 heterocycles. The Kier molecular flexibility index (Phi) is 7.20.